The summed E-state index contributed by atoms with van der Waals surface area (Å²) >= 11 is 5.06. The number of methoxy groups -OCH3 is 1. The maximum Gasteiger partial charge on any atom is 0.354 e. The van der Waals surface area contributed by atoms with E-state index in [-0.39, 0.29) is 5.69 Å². The van der Waals surface area contributed by atoms with E-state index < -0.39 is 5.97 Å². The second-order valence-electron chi connectivity index (χ2n) is 4.14. The molecule has 2 aromatic rings. The third kappa shape index (κ3) is 2.68. The summed E-state index contributed by atoms with van der Waals surface area (Å²) in [5.41, 5.74) is 1.79. The fourth-order valence-electron chi connectivity index (χ4n) is 1.87. The number of nitrogens with zero attached hydrogens (tertiary/aromatic N) is 1. The van der Waals surface area contributed by atoms with Crippen molar-refractivity contribution in [2.75, 3.05) is 7.11 Å². The third-order valence-corrected chi connectivity index (χ3v) is 3.35. The molecule has 6 heteroatoms. The van der Waals surface area contributed by atoms with Crippen LogP contribution in [0.1, 0.15) is 21.7 Å². The Kier molecular flexibility index (Phi) is 3.71. The number of nitrogens with one attached hydrogen (secondary N) is 1. The molecule has 0 atom stereocenters. The molecule has 0 saturated heterocycles. The zero-order valence-corrected chi connectivity index (χ0v) is 11.5. The molecule has 0 amide bonds. The molecule has 100 valence electrons. The molecule has 2 rings (SSSR count). The van der Waals surface area contributed by atoms with Crippen LogP contribution in [0.25, 0.3) is 0 Å². The Balaban J connectivity index is 2.37. The Bertz CT molecular complexity index is 656. The zero-order chi connectivity index (χ0) is 14.0. The van der Waals surface area contributed by atoms with Gasteiger partial charge in [0.1, 0.15) is 11.4 Å². The van der Waals surface area contributed by atoms with Gasteiger partial charge in [-0.1, -0.05) is 12.1 Å². The van der Waals surface area contributed by atoms with Crippen LogP contribution in [0.15, 0.2) is 24.3 Å². The maximum atomic E-state index is 11.2. The van der Waals surface area contributed by atoms with Crippen LogP contribution in [0.3, 0.4) is 0 Å². The standard InChI is InChI=1S/C13H14N2O3S/c1-15-10(11(12(16)17)14-13(15)19)7-8-3-5-9(18-2)6-4-8/h3-6H,7H2,1-2H3,(H,14,19)(H,16,17). The second-order valence-corrected chi connectivity index (χ2v) is 4.53. The smallest absolute Gasteiger partial charge is 0.354 e. The summed E-state index contributed by atoms with van der Waals surface area (Å²) in [7, 11) is 3.36. The number of ether oxygens (including phenoxy) is 1. The summed E-state index contributed by atoms with van der Waals surface area (Å²) in [5, 5.41) is 9.15. The molecule has 0 aliphatic rings. The average Bonchev–Trinajstić information content (AvgIpc) is 2.68. The fourth-order valence-corrected chi connectivity index (χ4v) is 2.09. The van der Waals surface area contributed by atoms with Gasteiger partial charge in [0.2, 0.25) is 0 Å². The van der Waals surface area contributed by atoms with Gasteiger partial charge >= 0.3 is 5.97 Å². The highest BCUT2D eigenvalue weighted by atomic mass is 32.1. The molecule has 0 saturated carbocycles. The van der Waals surface area contributed by atoms with Crippen LogP contribution >= 0.6 is 12.2 Å². The van der Waals surface area contributed by atoms with E-state index >= 15 is 0 Å². The summed E-state index contributed by atoms with van der Waals surface area (Å²) in [4.78, 5) is 13.9. The number of carboxylic acid groups (broad SMARTS) is 1. The number of carboxylic acids is 1. The molecule has 0 spiro atoms. The van der Waals surface area contributed by atoms with Gasteiger partial charge in [-0.25, -0.2) is 4.79 Å². The van der Waals surface area contributed by atoms with Gasteiger partial charge in [-0.2, -0.15) is 0 Å². The zero-order valence-electron chi connectivity index (χ0n) is 10.6. The number of hydrogen-bond acceptors (Lipinski definition) is 3. The number of imidazole rings is 1. The SMILES string of the molecule is COc1ccc(Cc2c(C(=O)O)[nH]c(=S)n2C)cc1. The lowest BCUT2D eigenvalue weighted by Crippen LogP contribution is -2.05. The minimum atomic E-state index is -1.00. The van der Waals surface area contributed by atoms with Crippen LogP contribution < -0.4 is 4.74 Å². The Labute approximate surface area is 115 Å². The average molecular weight is 278 g/mol. The minimum Gasteiger partial charge on any atom is -0.497 e. The van der Waals surface area contributed by atoms with Crippen molar-refractivity contribution in [3.63, 3.8) is 0 Å². The number of aromatic carboxylic acids is 1. The van der Waals surface area contributed by atoms with Crippen LogP contribution in [-0.4, -0.2) is 27.7 Å². The van der Waals surface area contributed by atoms with Crippen LogP contribution in [0.4, 0.5) is 0 Å². The Hall–Kier alpha value is -2.08. The number of H-pyrrole nitrogens is 1. The molecule has 0 unspecified atom stereocenters. The molecular weight excluding hydrogens is 264 g/mol. The lowest BCUT2D eigenvalue weighted by atomic mass is 10.1. The first kappa shape index (κ1) is 13.4. The third-order valence-electron chi connectivity index (χ3n) is 2.97. The van der Waals surface area contributed by atoms with Crippen molar-refractivity contribution in [3.05, 3.63) is 46.0 Å². The summed E-state index contributed by atoms with van der Waals surface area (Å²) in [6.45, 7) is 0. The van der Waals surface area contributed by atoms with E-state index in [9.17, 15) is 4.79 Å². The van der Waals surface area contributed by atoms with Gasteiger partial charge in [-0.15, -0.1) is 0 Å². The number of rotatable bonds is 4. The molecule has 2 N–H and O–H groups in total. The van der Waals surface area contributed by atoms with Crippen molar-refractivity contribution in [1.29, 1.82) is 0 Å². The Morgan fingerprint density at radius 3 is 2.58 bits per heavy atom. The van der Waals surface area contributed by atoms with Crippen molar-refractivity contribution < 1.29 is 14.6 Å². The fraction of sp³-hybridized carbons (Fsp3) is 0.231. The van der Waals surface area contributed by atoms with E-state index in [4.69, 9.17) is 22.1 Å². The molecule has 0 fully saturated rings. The van der Waals surface area contributed by atoms with Crippen molar-refractivity contribution in [2.24, 2.45) is 7.05 Å². The van der Waals surface area contributed by atoms with Gasteiger partial charge < -0.3 is 19.4 Å². The summed E-state index contributed by atoms with van der Waals surface area (Å²) < 4.78 is 7.17. The molecule has 0 bridgehead atoms. The van der Waals surface area contributed by atoms with Crippen molar-refractivity contribution >= 4 is 18.2 Å². The van der Waals surface area contributed by atoms with E-state index in [1.165, 1.54) is 0 Å². The number of aromatic amines is 1. The van der Waals surface area contributed by atoms with Gasteiger partial charge in [-0.05, 0) is 29.9 Å². The minimum absolute atomic E-state index is 0.142. The number of aromatic nitrogens is 2. The number of benzene rings is 1. The monoisotopic (exact) mass is 278 g/mol. The molecule has 0 aliphatic heterocycles. The highest BCUT2D eigenvalue weighted by molar-refractivity contribution is 7.71. The topological polar surface area (TPSA) is 67.2 Å². The van der Waals surface area contributed by atoms with E-state index in [1.807, 2.05) is 24.3 Å². The van der Waals surface area contributed by atoms with Crippen molar-refractivity contribution in [2.45, 2.75) is 6.42 Å². The predicted octanol–water partition coefficient (Wildman–Crippen LogP) is 2.38. The van der Waals surface area contributed by atoms with Gasteiger partial charge in [0.15, 0.2) is 4.77 Å². The lowest BCUT2D eigenvalue weighted by molar-refractivity contribution is 0.0689. The molecule has 19 heavy (non-hydrogen) atoms. The molecule has 0 radical (unpaired) electrons. The van der Waals surface area contributed by atoms with Crippen LogP contribution in [0.5, 0.6) is 5.75 Å². The van der Waals surface area contributed by atoms with E-state index in [0.29, 0.717) is 16.9 Å². The highest BCUT2D eigenvalue weighted by Gasteiger charge is 2.16. The normalized spacial score (nSPS) is 10.4. The van der Waals surface area contributed by atoms with E-state index in [1.54, 1.807) is 18.7 Å². The lowest BCUT2D eigenvalue weighted by Gasteiger charge is -2.06. The highest BCUT2D eigenvalue weighted by Crippen LogP contribution is 2.17. The second kappa shape index (κ2) is 5.27. The van der Waals surface area contributed by atoms with Gasteiger partial charge in [0.05, 0.1) is 12.8 Å². The largest absolute Gasteiger partial charge is 0.497 e. The van der Waals surface area contributed by atoms with E-state index in [2.05, 4.69) is 4.98 Å². The van der Waals surface area contributed by atoms with Gasteiger partial charge in [0, 0.05) is 13.5 Å². The Morgan fingerprint density at radius 1 is 1.42 bits per heavy atom. The first-order valence-corrected chi connectivity index (χ1v) is 6.08. The van der Waals surface area contributed by atoms with Crippen LogP contribution in [0, 0.1) is 4.77 Å². The quantitative estimate of drug-likeness (QED) is 0.843. The molecule has 1 aromatic heterocycles. The first-order chi connectivity index (χ1) is 9.02. The van der Waals surface area contributed by atoms with Crippen LogP contribution in [-0.2, 0) is 13.5 Å². The van der Waals surface area contributed by atoms with Crippen molar-refractivity contribution in [1.82, 2.24) is 9.55 Å². The first-order valence-electron chi connectivity index (χ1n) is 5.67. The van der Waals surface area contributed by atoms with Crippen LogP contribution in [0.2, 0.25) is 0 Å². The Morgan fingerprint density at radius 2 is 2.05 bits per heavy atom. The molecule has 1 aromatic carbocycles. The summed E-state index contributed by atoms with van der Waals surface area (Å²) in [6, 6.07) is 7.50. The number of hydrogen-bond donors (Lipinski definition) is 2. The van der Waals surface area contributed by atoms with Crippen molar-refractivity contribution in [3.8, 4) is 5.75 Å². The predicted molar refractivity (Wildman–Crippen MR) is 73.4 cm³/mol. The van der Waals surface area contributed by atoms with E-state index in [0.717, 1.165) is 11.3 Å². The molecule has 1 heterocycles. The molecular formula is C13H14N2O3S. The maximum absolute atomic E-state index is 11.2. The van der Waals surface area contributed by atoms with Gasteiger partial charge in [0.25, 0.3) is 0 Å². The summed E-state index contributed by atoms with van der Waals surface area (Å²) in [6.07, 6.45) is 0.495. The number of carbonyl (C=O) groups is 1. The summed E-state index contributed by atoms with van der Waals surface area (Å²) in [5.74, 6) is -0.236. The molecule has 5 nitrogen and oxygen atoms in total. The molecule has 0 aliphatic carbocycles. The van der Waals surface area contributed by atoms with Gasteiger partial charge in [-0.3, -0.25) is 0 Å².